The van der Waals surface area contributed by atoms with Crippen molar-refractivity contribution in [1.82, 2.24) is 4.57 Å². The summed E-state index contributed by atoms with van der Waals surface area (Å²) < 4.78 is 7.54. The predicted molar refractivity (Wildman–Crippen MR) is 120 cm³/mol. The molecule has 142 valence electrons. The summed E-state index contributed by atoms with van der Waals surface area (Å²) in [6.45, 7) is 4.61. The SMILES string of the molecule is C=CC(=O)OCCCn1c2ccc3ccccc3c2c2c3ccccc3ccc21. The molecule has 3 heteroatoms. The van der Waals surface area contributed by atoms with Gasteiger partial charge in [-0.2, -0.15) is 0 Å². The zero-order valence-electron chi connectivity index (χ0n) is 16.1. The molecule has 5 rings (SSSR count). The van der Waals surface area contributed by atoms with Crippen LogP contribution >= 0.6 is 0 Å². The van der Waals surface area contributed by atoms with Gasteiger partial charge in [0.2, 0.25) is 0 Å². The molecule has 0 amide bonds. The Bertz CT molecular complexity index is 1300. The second kappa shape index (κ2) is 7.10. The Hall–Kier alpha value is -3.59. The molecule has 0 aliphatic rings. The molecule has 5 aromatic rings. The van der Waals surface area contributed by atoms with E-state index in [1.165, 1.54) is 49.4 Å². The lowest BCUT2D eigenvalue weighted by molar-refractivity contribution is -0.137. The minimum atomic E-state index is -0.371. The van der Waals surface area contributed by atoms with Crippen LogP contribution in [0.2, 0.25) is 0 Å². The van der Waals surface area contributed by atoms with E-state index in [0.29, 0.717) is 6.61 Å². The Morgan fingerprint density at radius 2 is 1.38 bits per heavy atom. The number of ether oxygens (including phenoxy) is 1. The summed E-state index contributed by atoms with van der Waals surface area (Å²) in [7, 11) is 0. The van der Waals surface area contributed by atoms with Crippen molar-refractivity contribution in [2.24, 2.45) is 0 Å². The van der Waals surface area contributed by atoms with Gasteiger partial charge >= 0.3 is 5.97 Å². The Labute approximate surface area is 168 Å². The number of fused-ring (bicyclic) bond motifs is 7. The second-order valence-corrected chi connectivity index (χ2v) is 7.24. The van der Waals surface area contributed by atoms with Crippen molar-refractivity contribution in [3.63, 3.8) is 0 Å². The molecular formula is C26H21NO2. The van der Waals surface area contributed by atoms with Gasteiger partial charge in [0.25, 0.3) is 0 Å². The third-order valence-corrected chi connectivity index (χ3v) is 5.58. The highest BCUT2D eigenvalue weighted by molar-refractivity contribution is 6.27. The second-order valence-electron chi connectivity index (χ2n) is 7.24. The highest BCUT2D eigenvalue weighted by Crippen LogP contribution is 2.38. The first-order valence-electron chi connectivity index (χ1n) is 9.88. The lowest BCUT2D eigenvalue weighted by Gasteiger charge is -2.08. The number of hydrogen-bond acceptors (Lipinski definition) is 2. The fourth-order valence-electron chi connectivity index (χ4n) is 4.32. The molecule has 0 saturated heterocycles. The molecule has 0 spiro atoms. The van der Waals surface area contributed by atoms with Crippen molar-refractivity contribution in [3.8, 4) is 0 Å². The van der Waals surface area contributed by atoms with Crippen LogP contribution in [-0.4, -0.2) is 17.1 Å². The normalized spacial score (nSPS) is 11.4. The van der Waals surface area contributed by atoms with Crippen molar-refractivity contribution in [3.05, 3.63) is 85.5 Å². The molecule has 0 aliphatic carbocycles. The van der Waals surface area contributed by atoms with Crippen LogP contribution in [0.4, 0.5) is 0 Å². The van der Waals surface area contributed by atoms with E-state index in [4.69, 9.17) is 4.74 Å². The minimum absolute atomic E-state index is 0.371. The molecule has 0 atom stereocenters. The maximum Gasteiger partial charge on any atom is 0.330 e. The highest BCUT2D eigenvalue weighted by Gasteiger charge is 2.15. The van der Waals surface area contributed by atoms with Crippen LogP contribution in [0.1, 0.15) is 6.42 Å². The fraction of sp³-hybridized carbons (Fsp3) is 0.115. The first kappa shape index (κ1) is 17.5. The van der Waals surface area contributed by atoms with Crippen LogP contribution < -0.4 is 0 Å². The van der Waals surface area contributed by atoms with Crippen molar-refractivity contribution in [2.45, 2.75) is 13.0 Å². The van der Waals surface area contributed by atoms with Gasteiger partial charge < -0.3 is 9.30 Å². The first-order valence-corrected chi connectivity index (χ1v) is 9.88. The van der Waals surface area contributed by atoms with Crippen LogP contribution in [0.25, 0.3) is 43.4 Å². The molecule has 0 radical (unpaired) electrons. The number of carbonyl (C=O) groups excluding carboxylic acids is 1. The maximum atomic E-state index is 11.3. The van der Waals surface area contributed by atoms with Crippen molar-refractivity contribution >= 4 is 49.3 Å². The van der Waals surface area contributed by atoms with E-state index in [0.717, 1.165) is 13.0 Å². The fourth-order valence-corrected chi connectivity index (χ4v) is 4.32. The number of carbonyl (C=O) groups is 1. The third-order valence-electron chi connectivity index (χ3n) is 5.58. The Balaban J connectivity index is 1.75. The van der Waals surface area contributed by atoms with Gasteiger partial charge in [0.1, 0.15) is 0 Å². The van der Waals surface area contributed by atoms with Gasteiger partial charge in [0.05, 0.1) is 6.61 Å². The van der Waals surface area contributed by atoms with Gasteiger partial charge in [0, 0.05) is 34.4 Å². The maximum absolute atomic E-state index is 11.3. The number of aromatic nitrogens is 1. The molecule has 1 aromatic heterocycles. The quantitative estimate of drug-likeness (QED) is 0.206. The lowest BCUT2D eigenvalue weighted by Crippen LogP contribution is -2.06. The number of aryl methyl sites for hydroxylation is 1. The van der Waals surface area contributed by atoms with Crippen LogP contribution in [0.3, 0.4) is 0 Å². The number of rotatable bonds is 5. The Morgan fingerprint density at radius 1 is 0.828 bits per heavy atom. The molecule has 0 aliphatic heterocycles. The monoisotopic (exact) mass is 379 g/mol. The largest absolute Gasteiger partial charge is 0.462 e. The van der Waals surface area contributed by atoms with E-state index < -0.39 is 0 Å². The van der Waals surface area contributed by atoms with Crippen molar-refractivity contribution < 1.29 is 9.53 Å². The number of hydrogen-bond donors (Lipinski definition) is 0. The Morgan fingerprint density at radius 3 is 1.93 bits per heavy atom. The summed E-state index contributed by atoms with van der Waals surface area (Å²) in [5.74, 6) is -0.371. The summed E-state index contributed by atoms with van der Waals surface area (Å²) >= 11 is 0. The standard InChI is InChI=1S/C26H21NO2/c1-2-24(28)29-17-7-16-27-22-14-12-18-8-3-5-10-20(18)25(22)26-21-11-6-4-9-19(21)13-15-23(26)27/h2-6,8-15H,1,7,16-17H2. The molecule has 29 heavy (non-hydrogen) atoms. The van der Waals surface area contributed by atoms with E-state index in [2.05, 4.69) is 83.9 Å². The van der Waals surface area contributed by atoms with E-state index in [1.807, 2.05) is 0 Å². The first-order chi connectivity index (χ1) is 14.3. The van der Waals surface area contributed by atoms with Crippen LogP contribution in [0.5, 0.6) is 0 Å². The summed E-state index contributed by atoms with van der Waals surface area (Å²) in [6, 6.07) is 25.9. The minimum Gasteiger partial charge on any atom is -0.462 e. The van der Waals surface area contributed by atoms with E-state index in [1.54, 1.807) is 0 Å². The van der Waals surface area contributed by atoms with Crippen LogP contribution in [-0.2, 0) is 16.1 Å². The summed E-state index contributed by atoms with van der Waals surface area (Å²) in [6.07, 6.45) is 1.96. The zero-order valence-corrected chi connectivity index (χ0v) is 16.1. The smallest absolute Gasteiger partial charge is 0.330 e. The zero-order chi connectivity index (χ0) is 19.8. The summed E-state index contributed by atoms with van der Waals surface area (Å²) in [4.78, 5) is 11.3. The van der Waals surface area contributed by atoms with Gasteiger partial charge in [-0.15, -0.1) is 0 Å². The van der Waals surface area contributed by atoms with Gasteiger partial charge in [-0.25, -0.2) is 4.79 Å². The molecule has 0 saturated carbocycles. The predicted octanol–water partition coefficient (Wildman–Crippen LogP) is 6.22. The topological polar surface area (TPSA) is 31.2 Å². The van der Waals surface area contributed by atoms with Gasteiger partial charge in [-0.1, -0.05) is 67.2 Å². The molecule has 1 heterocycles. The summed E-state index contributed by atoms with van der Waals surface area (Å²) in [5.41, 5.74) is 2.43. The van der Waals surface area contributed by atoms with Crippen LogP contribution in [0.15, 0.2) is 85.5 Å². The average molecular weight is 379 g/mol. The van der Waals surface area contributed by atoms with Crippen molar-refractivity contribution in [2.75, 3.05) is 6.61 Å². The summed E-state index contributed by atoms with van der Waals surface area (Å²) in [5, 5.41) is 7.60. The third kappa shape index (κ3) is 2.87. The molecule has 0 unspecified atom stereocenters. The van der Waals surface area contributed by atoms with Crippen molar-refractivity contribution in [1.29, 1.82) is 0 Å². The van der Waals surface area contributed by atoms with Gasteiger partial charge in [0.15, 0.2) is 0 Å². The molecule has 0 fully saturated rings. The number of benzene rings is 4. The number of nitrogens with zero attached hydrogens (tertiary/aromatic N) is 1. The molecule has 4 aromatic carbocycles. The lowest BCUT2D eigenvalue weighted by atomic mass is 10.00. The van der Waals surface area contributed by atoms with Gasteiger partial charge in [-0.05, 0) is 40.1 Å². The van der Waals surface area contributed by atoms with E-state index >= 15 is 0 Å². The Kier molecular flexibility index (Phi) is 4.28. The molecule has 0 bridgehead atoms. The van der Waals surface area contributed by atoms with Gasteiger partial charge in [-0.3, -0.25) is 0 Å². The molecule has 3 nitrogen and oxygen atoms in total. The average Bonchev–Trinajstić information content (AvgIpc) is 3.11. The van der Waals surface area contributed by atoms with E-state index in [-0.39, 0.29) is 5.97 Å². The van der Waals surface area contributed by atoms with Crippen LogP contribution in [0, 0.1) is 0 Å². The molecular weight excluding hydrogens is 358 g/mol. The highest BCUT2D eigenvalue weighted by atomic mass is 16.5. The molecule has 0 N–H and O–H groups in total. The number of esters is 1. The van der Waals surface area contributed by atoms with E-state index in [9.17, 15) is 4.79 Å².